The molecule has 0 saturated carbocycles. The molecular weight excluding hydrogens is 350 g/mol. The van der Waals surface area contributed by atoms with Crippen molar-refractivity contribution in [1.29, 1.82) is 0 Å². The summed E-state index contributed by atoms with van der Waals surface area (Å²) in [6.45, 7) is 0. The quantitative estimate of drug-likeness (QED) is 0.423. The number of aromatic nitrogens is 1. The van der Waals surface area contributed by atoms with E-state index in [0.717, 1.165) is 0 Å². The van der Waals surface area contributed by atoms with Crippen LogP contribution in [0.25, 0.3) is 10.9 Å². The number of carbonyl (C=O) groups is 1. The first-order chi connectivity index (χ1) is 11.4. The number of nitrogens with two attached hydrogens (primary N) is 1. The molecule has 0 bridgehead atoms. The minimum atomic E-state index is -3.99. The van der Waals surface area contributed by atoms with Crippen LogP contribution in [-0.2, 0) is 15.8 Å². The van der Waals surface area contributed by atoms with E-state index in [4.69, 9.17) is 17.4 Å². The van der Waals surface area contributed by atoms with Crippen molar-refractivity contribution in [3.63, 3.8) is 0 Å². The maximum Gasteiger partial charge on any atom is 0.298 e. The summed E-state index contributed by atoms with van der Waals surface area (Å²) in [7, 11) is -3.99. The molecule has 0 atom stereocenters. The van der Waals surface area contributed by atoms with Crippen molar-refractivity contribution >= 4 is 38.4 Å². The van der Waals surface area contributed by atoms with Gasteiger partial charge in [0.05, 0.1) is 5.75 Å². The highest BCUT2D eigenvalue weighted by Gasteiger charge is 2.27. The molecule has 0 aliphatic carbocycles. The number of hydrogen-bond acceptors (Lipinski definition) is 4. The highest BCUT2D eigenvalue weighted by atomic mass is 35.5. The van der Waals surface area contributed by atoms with Gasteiger partial charge in [0.1, 0.15) is 5.69 Å². The molecule has 0 spiro atoms. The molecule has 3 N–H and O–H groups in total. The van der Waals surface area contributed by atoms with Crippen LogP contribution in [0.2, 0.25) is 5.02 Å². The highest BCUT2D eigenvalue weighted by Crippen LogP contribution is 2.21. The Labute approximate surface area is 143 Å². The number of nitrogens with one attached hydrogen (secondary N) is 1. The van der Waals surface area contributed by atoms with E-state index in [1.54, 1.807) is 48.5 Å². The number of benzene rings is 2. The van der Waals surface area contributed by atoms with Crippen molar-refractivity contribution in [3.05, 3.63) is 70.9 Å². The maximum absolute atomic E-state index is 12.4. The third-order valence-corrected chi connectivity index (χ3v) is 5.20. The minimum absolute atomic E-state index is 0.0754. The Morgan fingerprint density at radius 3 is 2.54 bits per heavy atom. The van der Waals surface area contributed by atoms with E-state index in [0.29, 0.717) is 21.5 Å². The summed E-state index contributed by atoms with van der Waals surface area (Å²) in [6.07, 6.45) is 0. The number of aromatic amines is 1. The predicted molar refractivity (Wildman–Crippen MR) is 92.7 cm³/mol. The molecule has 3 aromatic rings. The molecule has 0 unspecified atom stereocenters. The van der Waals surface area contributed by atoms with Crippen molar-refractivity contribution in [2.75, 3.05) is 0 Å². The molecule has 24 heavy (non-hydrogen) atoms. The summed E-state index contributed by atoms with van der Waals surface area (Å²) in [6, 6.07) is 15.1. The number of fused-ring (bicyclic) bond motifs is 1. The van der Waals surface area contributed by atoms with Crippen LogP contribution >= 0.6 is 11.6 Å². The first-order valence-corrected chi connectivity index (χ1v) is 9.00. The molecule has 6 nitrogen and oxygen atoms in total. The van der Waals surface area contributed by atoms with Crippen LogP contribution < -0.4 is 5.84 Å². The second kappa shape index (κ2) is 6.27. The van der Waals surface area contributed by atoms with Crippen LogP contribution in [0.15, 0.2) is 54.6 Å². The zero-order valence-corrected chi connectivity index (χ0v) is 14.0. The van der Waals surface area contributed by atoms with E-state index in [1.807, 2.05) is 0 Å². The molecular formula is C16H14ClN3O3S. The van der Waals surface area contributed by atoms with Gasteiger partial charge in [0.2, 0.25) is 0 Å². The van der Waals surface area contributed by atoms with E-state index >= 15 is 0 Å². The SMILES string of the molecule is NN(C(=O)c1cc2cc(Cl)ccc2[nH]1)S(=O)(=O)Cc1ccccc1. The molecule has 1 amide bonds. The zero-order chi connectivity index (χ0) is 17.3. The minimum Gasteiger partial charge on any atom is -0.350 e. The van der Waals surface area contributed by atoms with E-state index in [2.05, 4.69) is 4.98 Å². The van der Waals surface area contributed by atoms with Gasteiger partial charge < -0.3 is 4.98 Å². The van der Waals surface area contributed by atoms with Crippen LogP contribution in [0.4, 0.5) is 0 Å². The van der Waals surface area contributed by atoms with Gasteiger partial charge in [0.25, 0.3) is 15.9 Å². The van der Waals surface area contributed by atoms with E-state index in [1.165, 1.54) is 6.07 Å². The Balaban J connectivity index is 1.87. The van der Waals surface area contributed by atoms with Crippen LogP contribution in [-0.4, -0.2) is 23.7 Å². The lowest BCUT2D eigenvalue weighted by Crippen LogP contribution is -2.43. The van der Waals surface area contributed by atoms with Crippen LogP contribution in [0.1, 0.15) is 16.1 Å². The second-order valence-corrected chi connectivity index (χ2v) is 7.54. The molecule has 0 fully saturated rings. The number of rotatable bonds is 4. The third kappa shape index (κ3) is 3.28. The van der Waals surface area contributed by atoms with Gasteiger partial charge in [0, 0.05) is 15.9 Å². The summed E-state index contributed by atoms with van der Waals surface area (Å²) in [5.41, 5.74) is 1.28. The fourth-order valence-corrected chi connectivity index (χ4v) is 3.60. The van der Waals surface area contributed by atoms with Gasteiger partial charge in [-0.3, -0.25) is 4.79 Å². The summed E-state index contributed by atoms with van der Waals surface area (Å²) < 4.78 is 24.9. The summed E-state index contributed by atoms with van der Waals surface area (Å²) in [5.74, 6) is 4.38. The molecule has 1 heterocycles. The Morgan fingerprint density at radius 2 is 1.83 bits per heavy atom. The zero-order valence-electron chi connectivity index (χ0n) is 12.4. The van der Waals surface area contributed by atoms with Gasteiger partial charge >= 0.3 is 0 Å². The Bertz CT molecular complexity index is 1000. The standard InChI is InChI=1S/C16H14ClN3O3S/c17-13-6-7-14-12(8-13)9-15(19-14)16(21)20(18)24(22,23)10-11-4-2-1-3-5-11/h1-9,19H,10,18H2. The van der Waals surface area contributed by atoms with Crippen molar-refractivity contribution < 1.29 is 13.2 Å². The predicted octanol–water partition coefficient (Wildman–Crippen LogP) is 2.67. The smallest absolute Gasteiger partial charge is 0.298 e. The number of halogens is 1. The first kappa shape index (κ1) is 16.5. The van der Waals surface area contributed by atoms with Crippen LogP contribution in [0, 0.1) is 0 Å². The van der Waals surface area contributed by atoms with Crippen molar-refractivity contribution in [3.8, 4) is 0 Å². The van der Waals surface area contributed by atoms with Gasteiger partial charge in [-0.1, -0.05) is 41.9 Å². The fourth-order valence-electron chi connectivity index (χ4n) is 2.32. The number of H-pyrrole nitrogens is 1. The van der Waals surface area contributed by atoms with Gasteiger partial charge in [-0.15, -0.1) is 0 Å². The average molecular weight is 364 g/mol. The van der Waals surface area contributed by atoms with Crippen molar-refractivity contribution in [2.45, 2.75) is 5.75 Å². The molecule has 2 aromatic carbocycles. The number of sulfonamides is 1. The lowest BCUT2D eigenvalue weighted by atomic mass is 10.2. The Morgan fingerprint density at radius 1 is 1.12 bits per heavy atom. The van der Waals surface area contributed by atoms with Crippen LogP contribution in [0.5, 0.6) is 0 Å². The fraction of sp³-hybridized carbons (Fsp3) is 0.0625. The summed E-state index contributed by atoms with van der Waals surface area (Å²) in [5, 5.41) is 1.21. The van der Waals surface area contributed by atoms with Gasteiger partial charge in [-0.05, 0) is 29.8 Å². The largest absolute Gasteiger partial charge is 0.350 e. The molecule has 0 aliphatic heterocycles. The number of hydrogen-bond donors (Lipinski definition) is 2. The topological polar surface area (TPSA) is 96.3 Å². The van der Waals surface area contributed by atoms with Gasteiger partial charge in [0.15, 0.2) is 0 Å². The third-order valence-electron chi connectivity index (χ3n) is 3.50. The number of hydrazine groups is 1. The average Bonchev–Trinajstić information content (AvgIpc) is 2.97. The molecule has 0 saturated heterocycles. The van der Waals surface area contributed by atoms with E-state index < -0.39 is 15.9 Å². The first-order valence-electron chi connectivity index (χ1n) is 7.01. The lowest BCUT2D eigenvalue weighted by molar-refractivity contribution is 0.0856. The molecule has 1 aromatic heterocycles. The van der Waals surface area contributed by atoms with Gasteiger partial charge in [-0.2, -0.15) is 4.41 Å². The maximum atomic E-state index is 12.4. The molecule has 3 rings (SSSR count). The Hall–Kier alpha value is -2.35. The molecule has 0 aliphatic rings. The highest BCUT2D eigenvalue weighted by molar-refractivity contribution is 7.88. The van der Waals surface area contributed by atoms with E-state index in [-0.39, 0.29) is 15.9 Å². The normalized spacial score (nSPS) is 11.6. The monoisotopic (exact) mass is 363 g/mol. The van der Waals surface area contributed by atoms with Gasteiger partial charge in [-0.25, -0.2) is 14.3 Å². The summed E-state index contributed by atoms with van der Waals surface area (Å²) >= 11 is 5.90. The van der Waals surface area contributed by atoms with Crippen LogP contribution in [0.3, 0.4) is 0 Å². The number of amides is 1. The number of carbonyl (C=O) groups excluding carboxylic acids is 1. The van der Waals surface area contributed by atoms with E-state index in [9.17, 15) is 13.2 Å². The second-order valence-electron chi connectivity index (χ2n) is 5.26. The molecule has 124 valence electrons. The molecule has 8 heteroatoms. The van der Waals surface area contributed by atoms with Crippen molar-refractivity contribution in [1.82, 2.24) is 9.40 Å². The molecule has 0 radical (unpaired) electrons. The van der Waals surface area contributed by atoms with Crippen molar-refractivity contribution in [2.24, 2.45) is 5.84 Å². The lowest BCUT2D eigenvalue weighted by Gasteiger charge is -2.16. The Kier molecular flexibility index (Phi) is 4.31. The number of nitrogens with zero attached hydrogens (tertiary/aromatic N) is 1. The summed E-state index contributed by atoms with van der Waals surface area (Å²) in [4.78, 5) is 15.2.